The molecule has 0 aliphatic heterocycles. The Morgan fingerprint density at radius 3 is 1.37 bits per heavy atom. The summed E-state index contributed by atoms with van der Waals surface area (Å²) >= 11 is 0. The summed E-state index contributed by atoms with van der Waals surface area (Å²) in [7, 11) is 0. The third-order valence-corrected chi connectivity index (χ3v) is 5.51. The largest absolute Gasteiger partial charge is 0.374 e. The highest BCUT2D eigenvalue weighted by Crippen LogP contribution is 2.34. The zero-order chi connectivity index (χ0) is 13.5. The second-order valence-corrected chi connectivity index (χ2v) is 6.83. The van der Waals surface area contributed by atoms with Crippen molar-refractivity contribution in [2.75, 3.05) is 0 Å². The molecule has 0 heterocycles. The molecule has 112 valence electrons. The van der Waals surface area contributed by atoms with Gasteiger partial charge in [-0.15, -0.1) is 0 Å². The third kappa shape index (κ3) is 4.48. The number of ether oxygens (including phenoxy) is 1. The zero-order valence-electron chi connectivity index (χ0n) is 13.2. The van der Waals surface area contributed by atoms with E-state index in [1.165, 1.54) is 77.0 Å². The second-order valence-electron chi connectivity index (χ2n) is 6.83. The van der Waals surface area contributed by atoms with Gasteiger partial charge < -0.3 is 4.74 Å². The highest BCUT2D eigenvalue weighted by Gasteiger charge is 2.29. The smallest absolute Gasteiger partial charge is 0.0604 e. The van der Waals surface area contributed by atoms with E-state index in [2.05, 4.69) is 13.8 Å². The van der Waals surface area contributed by atoms with Crippen LogP contribution in [0.25, 0.3) is 0 Å². The van der Waals surface area contributed by atoms with Crippen LogP contribution in [0.15, 0.2) is 0 Å². The van der Waals surface area contributed by atoms with Crippen molar-refractivity contribution in [1.29, 1.82) is 0 Å². The Morgan fingerprint density at radius 1 is 0.684 bits per heavy atom. The Labute approximate surface area is 120 Å². The van der Waals surface area contributed by atoms with Crippen molar-refractivity contribution >= 4 is 0 Å². The molecule has 2 rings (SSSR count). The van der Waals surface area contributed by atoms with Crippen molar-refractivity contribution in [3.63, 3.8) is 0 Å². The Kier molecular flexibility index (Phi) is 6.70. The molecular weight excluding hydrogens is 232 g/mol. The van der Waals surface area contributed by atoms with E-state index in [4.69, 9.17) is 4.74 Å². The lowest BCUT2D eigenvalue weighted by molar-refractivity contribution is -0.0835. The molecule has 0 aromatic heterocycles. The Bertz CT molecular complexity index is 202. The van der Waals surface area contributed by atoms with Crippen LogP contribution in [0.2, 0.25) is 0 Å². The van der Waals surface area contributed by atoms with Gasteiger partial charge in [0.1, 0.15) is 0 Å². The molecule has 2 unspecified atom stereocenters. The lowest BCUT2D eigenvalue weighted by Crippen LogP contribution is -2.34. The number of rotatable bonds is 6. The molecule has 19 heavy (non-hydrogen) atoms. The summed E-state index contributed by atoms with van der Waals surface area (Å²) in [6.45, 7) is 4.65. The minimum Gasteiger partial charge on any atom is -0.374 e. The normalized spacial score (nSPS) is 26.2. The summed E-state index contributed by atoms with van der Waals surface area (Å²) in [5.74, 6) is 1.72. The number of hydrogen-bond acceptors (Lipinski definition) is 1. The fourth-order valence-corrected chi connectivity index (χ4v) is 4.32. The first-order chi connectivity index (χ1) is 9.35. The van der Waals surface area contributed by atoms with Gasteiger partial charge in [-0.05, 0) is 50.4 Å². The summed E-state index contributed by atoms with van der Waals surface area (Å²) < 4.78 is 6.63. The summed E-state index contributed by atoms with van der Waals surface area (Å²) in [5.41, 5.74) is 0. The van der Waals surface area contributed by atoms with E-state index in [0.717, 1.165) is 11.8 Å². The van der Waals surface area contributed by atoms with Crippen LogP contribution in [0.5, 0.6) is 0 Å². The molecule has 0 saturated heterocycles. The fourth-order valence-electron chi connectivity index (χ4n) is 4.32. The molecule has 2 saturated carbocycles. The second kappa shape index (κ2) is 8.29. The quantitative estimate of drug-likeness (QED) is 0.597. The van der Waals surface area contributed by atoms with E-state index >= 15 is 0 Å². The van der Waals surface area contributed by atoms with Gasteiger partial charge >= 0.3 is 0 Å². The lowest BCUT2D eigenvalue weighted by atomic mass is 9.82. The van der Waals surface area contributed by atoms with Crippen molar-refractivity contribution in [2.24, 2.45) is 11.8 Å². The monoisotopic (exact) mass is 266 g/mol. The average Bonchev–Trinajstić information content (AvgIpc) is 2.50. The predicted molar refractivity (Wildman–Crippen MR) is 82.4 cm³/mol. The highest BCUT2D eigenvalue weighted by atomic mass is 16.5. The molecule has 0 radical (unpaired) electrons. The van der Waals surface area contributed by atoms with Gasteiger partial charge in [-0.1, -0.05) is 52.4 Å². The maximum Gasteiger partial charge on any atom is 0.0604 e. The van der Waals surface area contributed by atoms with Crippen molar-refractivity contribution in [3.05, 3.63) is 0 Å². The van der Waals surface area contributed by atoms with E-state index in [9.17, 15) is 0 Å². The van der Waals surface area contributed by atoms with Gasteiger partial charge in [0, 0.05) is 0 Å². The maximum absolute atomic E-state index is 6.63. The molecule has 1 heteroatoms. The minimum atomic E-state index is 0.548. The van der Waals surface area contributed by atoms with E-state index in [1.54, 1.807) is 0 Å². The molecule has 0 spiro atoms. The molecule has 0 bridgehead atoms. The van der Waals surface area contributed by atoms with Crippen molar-refractivity contribution in [1.82, 2.24) is 0 Å². The average molecular weight is 266 g/mol. The minimum absolute atomic E-state index is 0.548. The molecule has 0 aromatic rings. The molecule has 0 aromatic carbocycles. The number of hydrogen-bond donors (Lipinski definition) is 0. The van der Waals surface area contributed by atoms with Gasteiger partial charge in [-0.25, -0.2) is 0 Å². The van der Waals surface area contributed by atoms with E-state index in [-0.39, 0.29) is 0 Å². The molecule has 2 aliphatic carbocycles. The topological polar surface area (TPSA) is 9.23 Å². The van der Waals surface area contributed by atoms with Gasteiger partial charge in [0.05, 0.1) is 12.2 Å². The predicted octanol–water partition coefficient (Wildman–Crippen LogP) is 5.72. The first-order valence-electron chi connectivity index (χ1n) is 9.00. The molecule has 2 fully saturated rings. The molecule has 1 nitrogen and oxygen atoms in total. The van der Waals surface area contributed by atoms with Crippen molar-refractivity contribution in [2.45, 2.75) is 103 Å². The van der Waals surface area contributed by atoms with E-state index in [0.29, 0.717) is 12.2 Å². The SMILES string of the molecule is CCC(OC(CC)C1CCCCC1)C1CCCCC1. The molecule has 0 N–H and O–H groups in total. The molecular formula is C18H34O. The Balaban J connectivity index is 1.86. The van der Waals surface area contributed by atoms with Crippen molar-refractivity contribution < 1.29 is 4.74 Å². The first kappa shape index (κ1) is 15.4. The van der Waals surface area contributed by atoms with Crippen LogP contribution in [-0.2, 0) is 4.74 Å². The van der Waals surface area contributed by atoms with Gasteiger partial charge in [0.15, 0.2) is 0 Å². The lowest BCUT2D eigenvalue weighted by Gasteiger charge is -2.36. The van der Waals surface area contributed by atoms with Crippen LogP contribution >= 0.6 is 0 Å². The molecule has 2 aliphatic rings. The van der Waals surface area contributed by atoms with Gasteiger partial charge in [0.2, 0.25) is 0 Å². The van der Waals surface area contributed by atoms with Crippen molar-refractivity contribution in [3.8, 4) is 0 Å². The summed E-state index contributed by atoms with van der Waals surface area (Å²) in [6.07, 6.45) is 17.8. The Morgan fingerprint density at radius 2 is 1.05 bits per heavy atom. The van der Waals surface area contributed by atoms with Crippen LogP contribution < -0.4 is 0 Å². The van der Waals surface area contributed by atoms with Crippen LogP contribution in [0.1, 0.15) is 90.9 Å². The van der Waals surface area contributed by atoms with E-state index in [1.807, 2.05) is 0 Å². The maximum atomic E-state index is 6.63. The highest BCUT2D eigenvalue weighted by molar-refractivity contribution is 4.79. The van der Waals surface area contributed by atoms with Crippen LogP contribution in [0.4, 0.5) is 0 Å². The van der Waals surface area contributed by atoms with Crippen LogP contribution in [0.3, 0.4) is 0 Å². The Hall–Kier alpha value is -0.0400. The first-order valence-corrected chi connectivity index (χ1v) is 9.00. The summed E-state index contributed by atoms with van der Waals surface area (Å²) in [5, 5.41) is 0. The van der Waals surface area contributed by atoms with Crippen LogP contribution in [-0.4, -0.2) is 12.2 Å². The van der Waals surface area contributed by atoms with Gasteiger partial charge in [-0.2, -0.15) is 0 Å². The summed E-state index contributed by atoms with van der Waals surface area (Å²) in [4.78, 5) is 0. The fraction of sp³-hybridized carbons (Fsp3) is 1.00. The van der Waals surface area contributed by atoms with Crippen LogP contribution in [0, 0.1) is 11.8 Å². The molecule has 0 amide bonds. The summed E-state index contributed by atoms with van der Waals surface area (Å²) in [6, 6.07) is 0. The molecule has 2 atom stereocenters. The third-order valence-electron chi connectivity index (χ3n) is 5.51. The van der Waals surface area contributed by atoms with E-state index < -0.39 is 0 Å². The zero-order valence-corrected chi connectivity index (χ0v) is 13.2. The standard InChI is InChI=1S/C18H34O/c1-3-17(15-11-7-5-8-12-15)19-18(4-2)16-13-9-6-10-14-16/h15-18H,3-14H2,1-2H3. The van der Waals surface area contributed by atoms with Gasteiger partial charge in [-0.3, -0.25) is 0 Å². The van der Waals surface area contributed by atoms with Gasteiger partial charge in [0.25, 0.3) is 0 Å².